The van der Waals surface area contributed by atoms with Gasteiger partial charge in [-0.15, -0.1) is 11.8 Å². The average Bonchev–Trinajstić information content (AvgIpc) is 2.27. The third kappa shape index (κ3) is 5.76. The van der Waals surface area contributed by atoms with Crippen LogP contribution in [0.5, 0.6) is 0 Å². The van der Waals surface area contributed by atoms with Crippen LogP contribution in [0.4, 0.5) is 0 Å². The quantitative estimate of drug-likeness (QED) is 0.827. The molecule has 3 heteroatoms. The molecule has 0 radical (unpaired) electrons. The lowest BCUT2D eigenvalue weighted by Gasteiger charge is -2.20. The molecule has 0 saturated carbocycles. The molecule has 0 aliphatic carbocycles. The van der Waals surface area contributed by atoms with E-state index in [9.17, 15) is 0 Å². The van der Waals surface area contributed by atoms with Gasteiger partial charge in [0.05, 0.1) is 11.3 Å². The van der Waals surface area contributed by atoms with E-state index in [2.05, 4.69) is 56.4 Å². The van der Waals surface area contributed by atoms with Crippen LogP contribution in [0, 0.1) is 11.3 Å². The van der Waals surface area contributed by atoms with E-state index < -0.39 is 0 Å². The highest BCUT2D eigenvalue weighted by Gasteiger charge is 2.08. The Kier molecular flexibility index (Phi) is 5.04. The molecule has 1 aromatic carbocycles. The van der Waals surface area contributed by atoms with Gasteiger partial charge in [0.1, 0.15) is 0 Å². The number of hydrogen-bond acceptors (Lipinski definition) is 3. The molecule has 1 atom stereocenters. The second-order valence-corrected chi connectivity index (χ2v) is 6.55. The molecule has 92 valence electrons. The number of thioether (sulfide) groups is 1. The minimum Gasteiger partial charge on any atom is -0.308 e. The van der Waals surface area contributed by atoms with Crippen LogP contribution in [0.25, 0.3) is 0 Å². The molecular weight excluding hydrogens is 228 g/mol. The summed E-state index contributed by atoms with van der Waals surface area (Å²) in [5, 5.41) is 12.2. The number of nitriles is 1. The lowest BCUT2D eigenvalue weighted by molar-refractivity contribution is 0.424. The van der Waals surface area contributed by atoms with Gasteiger partial charge in [-0.05, 0) is 45.4 Å². The van der Waals surface area contributed by atoms with Crippen LogP contribution in [0.15, 0.2) is 29.2 Å². The Morgan fingerprint density at radius 3 is 2.35 bits per heavy atom. The van der Waals surface area contributed by atoms with Crippen molar-refractivity contribution in [1.82, 2.24) is 5.32 Å². The van der Waals surface area contributed by atoms with Crippen molar-refractivity contribution >= 4 is 11.8 Å². The monoisotopic (exact) mass is 248 g/mol. The molecule has 1 unspecified atom stereocenters. The summed E-state index contributed by atoms with van der Waals surface area (Å²) in [6, 6.07) is 10.6. The van der Waals surface area contributed by atoms with E-state index >= 15 is 0 Å². The standard InChI is InChI=1S/C14H20N2S/c1-11(9-15)17-13-7-5-12(6-8-13)10-16-14(2,3)4/h5-8,11,16H,10H2,1-4H3. The maximum Gasteiger partial charge on any atom is 0.0935 e. The molecule has 0 amide bonds. The molecule has 0 spiro atoms. The third-order valence-corrected chi connectivity index (χ3v) is 3.24. The highest BCUT2D eigenvalue weighted by Crippen LogP contribution is 2.22. The zero-order valence-corrected chi connectivity index (χ0v) is 11.8. The van der Waals surface area contributed by atoms with Gasteiger partial charge in [0, 0.05) is 17.0 Å². The Hall–Kier alpha value is -0.980. The number of rotatable bonds is 4. The fourth-order valence-electron chi connectivity index (χ4n) is 1.28. The van der Waals surface area contributed by atoms with Gasteiger partial charge in [-0.25, -0.2) is 0 Å². The van der Waals surface area contributed by atoms with Crippen molar-refractivity contribution in [3.63, 3.8) is 0 Å². The van der Waals surface area contributed by atoms with Gasteiger partial charge < -0.3 is 5.32 Å². The molecule has 1 rings (SSSR count). The zero-order valence-electron chi connectivity index (χ0n) is 10.9. The first-order valence-electron chi connectivity index (χ1n) is 5.81. The van der Waals surface area contributed by atoms with E-state index in [1.54, 1.807) is 11.8 Å². The van der Waals surface area contributed by atoms with Gasteiger partial charge in [0.25, 0.3) is 0 Å². The summed E-state index contributed by atoms with van der Waals surface area (Å²) in [4.78, 5) is 1.15. The first-order chi connectivity index (χ1) is 7.90. The second kappa shape index (κ2) is 6.09. The number of nitrogens with one attached hydrogen (secondary N) is 1. The SMILES string of the molecule is CC(C#N)Sc1ccc(CNC(C)(C)C)cc1. The first kappa shape index (κ1) is 14.1. The number of hydrogen-bond donors (Lipinski definition) is 1. The molecule has 0 bridgehead atoms. The van der Waals surface area contributed by atoms with E-state index in [0.29, 0.717) is 0 Å². The number of benzene rings is 1. The van der Waals surface area contributed by atoms with E-state index in [1.165, 1.54) is 5.56 Å². The summed E-state index contributed by atoms with van der Waals surface area (Å²) in [5.74, 6) is 0. The van der Waals surface area contributed by atoms with Gasteiger partial charge in [-0.1, -0.05) is 12.1 Å². The van der Waals surface area contributed by atoms with Crippen LogP contribution in [0.1, 0.15) is 33.3 Å². The summed E-state index contributed by atoms with van der Waals surface area (Å²) in [6.45, 7) is 9.27. The van der Waals surface area contributed by atoms with Crippen molar-refractivity contribution in [1.29, 1.82) is 5.26 Å². The van der Waals surface area contributed by atoms with Crippen molar-refractivity contribution in [2.45, 2.75) is 49.9 Å². The highest BCUT2D eigenvalue weighted by atomic mass is 32.2. The van der Waals surface area contributed by atoms with Crippen LogP contribution < -0.4 is 5.32 Å². The predicted octanol–water partition coefficient (Wildman–Crippen LogP) is 3.58. The zero-order chi connectivity index (χ0) is 12.9. The molecule has 2 nitrogen and oxygen atoms in total. The highest BCUT2D eigenvalue weighted by molar-refractivity contribution is 8.00. The topological polar surface area (TPSA) is 35.8 Å². The first-order valence-corrected chi connectivity index (χ1v) is 6.69. The normalized spacial score (nSPS) is 13.1. The van der Waals surface area contributed by atoms with Crippen LogP contribution in [0.2, 0.25) is 0 Å². The fourth-order valence-corrected chi connectivity index (χ4v) is 2.04. The largest absolute Gasteiger partial charge is 0.308 e. The Balaban J connectivity index is 2.54. The van der Waals surface area contributed by atoms with E-state index in [1.807, 2.05) is 6.92 Å². The van der Waals surface area contributed by atoms with Crippen molar-refractivity contribution in [3.8, 4) is 6.07 Å². The smallest absolute Gasteiger partial charge is 0.0935 e. The summed E-state index contributed by atoms with van der Waals surface area (Å²) >= 11 is 1.59. The predicted molar refractivity (Wildman–Crippen MR) is 74.0 cm³/mol. The number of nitrogens with zero attached hydrogens (tertiary/aromatic N) is 1. The maximum absolute atomic E-state index is 8.74. The minimum absolute atomic E-state index is 0.00792. The molecular formula is C14H20N2S. The van der Waals surface area contributed by atoms with Gasteiger partial charge in [0.2, 0.25) is 0 Å². The van der Waals surface area contributed by atoms with Gasteiger partial charge >= 0.3 is 0 Å². The molecule has 0 saturated heterocycles. The van der Waals surface area contributed by atoms with Crippen molar-refractivity contribution in [2.75, 3.05) is 0 Å². The van der Waals surface area contributed by atoms with Crippen LogP contribution >= 0.6 is 11.8 Å². The Bertz CT molecular complexity index is 384. The molecule has 0 aliphatic heterocycles. The molecule has 17 heavy (non-hydrogen) atoms. The molecule has 0 aliphatic rings. The van der Waals surface area contributed by atoms with Gasteiger partial charge in [-0.3, -0.25) is 0 Å². The summed E-state index contributed by atoms with van der Waals surface area (Å²) in [7, 11) is 0. The summed E-state index contributed by atoms with van der Waals surface area (Å²) in [6.07, 6.45) is 0. The molecule has 0 heterocycles. The maximum atomic E-state index is 8.74. The van der Waals surface area contributed by atoms with Crippen LogP contribution in [-0.2, 0) is 6.54 Å². The second-order valence-electron chi connectivity index (χ2n) is 5.14. The van der Waals surface area contributed by atoms with Gasteiger partial charge in [-0.2, -0.15) is 5.26 Å². The van der Waals surface area contributed by atoms with Crippen molar-refractivity contribution in [3.05, 3.63) is 29.8 Å². The molecule has 1 N–H and O–H groups in total. The molecule has 0 aromatic heterocycles. The van der Waals surface area contributed by atoms with Gasteiger partial charge in [0.15, 0.2) is 0 Å². The molecule has 0 fully saturated rings. The lowest BCUT2D eigenvalue weighted by Crippen LogP contribution is -2.35. The summed E-state index contributed by atoms with van der Waals surface area (Å²) in [5.41, 5.74) is 1.41. The van der Waals surface area contributed by atoms with Crippen molar-refractivity contribution < 1.29 is 0 Å². The minimum atomic E-state index is 0.00792. The van der Waals surface area contributed by atoms with Crippen LogP contribution in [0.3, 0.4) is 0 Å². The summed E-state index contributed by atoms with van der Waals surface area (Å²) < 4.78 is 0. The Morgan fingerprint density at radius 1 is 1.29 bits per heavy atom. The van der Waals surface area contributed by atoms with E-state index in [-0.39, 0.29) is 10.8 Å². The third-order valence-electron chi connectivity index (χ3n) is 2.24. The Labute approximate surface area is 108 Å². The van der Waals surface area contributed by atoms with Crippen molar-refractivity contribution in [2.24, 2.45) is 0 Å². The van der Waals surface area contributed by atoms with Crippen LogP contribution in [-0.4, -0.2) is 10.8 Å². The van der Waals surface area contributed by atoms with E-state index in [0.717, 1.165) is 11.4 Å². The van der Waals surface area contributed by atoms with E-state index in [4.69, 9.17) is 5.26 Å². The Morgan fingerprint density at radius 2 is 1.88 bits per heavy atom. The fraction of sp³-hybridized carbons (Fsp3) is 0.500. The molecule has 1 aromatic rings. The average molecular weight is 248 g/mol. The lowest BCUT2D eigenvalue weighted by atomic mass is 10.1.